The van der Waals surface area contributed by atoms with Crippen LogP contribution in [-0.2, 0) is 5.41 Å². The van der Waals surface area contributed by atoms with E-state index in [0.717, 1.165) is 17.2 Å². The second kappa shape index (κ2) is 11.6. The van der Waals surface area contributed by atoms with Crippen LogP contribution in [0.1, 0.15) is 26.3 Å². The van der Waals surface area contributed by atoms with E-state index in [0.29, 0.717) is 0 Å². The number of rotatable bonds is 5. The Kier molecular flexibility index (Phi) is 7.07. The number of hydrogen-bond donors (Lipinski definition) is 0. The number of benzene rings is 7. The van der Waals surface area contributed by atoms with E-state index in [2.05, 4.69) is 183 Å². The monoisotopic (exact) mass is 604 g/mol. The topological polar surface area (TPSA) is 16.1 Å². The van der Waals surface area contributed by atoms with Gasteiger partial charge in [0, 0.05) is 17.6 Å². The third-order valence-corrected chi connectivity index (χ3v) is 9.26. The van der Waals surface area contributed by atoms with Crippen LogP contribution in [0.2, 0.25) is 0 Å². The van der Waals surface area contributed by atoms with Crippen molar-refractivity contribution in [3.63, 3.8) is 0 Å². The van der Waals surface area contributed by atoms with Crippen LogP contribution in [0.25, 0.3) is 54.6 Å². The highest BCUT2D eigenvalue weighted by Gasteiger charge is 2.20. The second-order valence-corrected chi connectivity index (χ2v) is 13.2. The molecule has 0 atom stereocenters. The summed E-state index contributed by atoms with van der Waals surface area (Å²) in [4.78, 5) is 7.18. The van der Waals surface area contributed by atoms with E-state index in [1.165, 1.54) is 60.1 Å². The van der Waals surface area contributed by atoms with Crippen molar-refractivity contribution < 1.29 is 0 Å². The lowest BCUT2D eigenvalue weighted by Gasteiger charge is -2.26. The van der Waals surface area contributed by atoms with Crippen LogP contribution in [0.15, 0.2) is 164 Å². The number of nitrogens with zero attached hydrogens (tertiary/aromatic N) is 2. The van der Waals surface area contributed by atoms with Crippen molar-refractivity contribution in [3.05, 3.63) is 169 Å². The molecular weight excluding hydrogens is 569 g/mol. The molecule has 0 unspecified atom stereocenters. The molecule has 226 valence electrons. The van der Waals surface area contributed by atoms with Crippen LogP contribution in [0, 0.1) is 0 Å². The average Bonchev–Trinajstić information content (AvgIpc) is 3.11. The average molecular weight is 605 g/mol. The van der Waals surface area contributed by atoms with E-state index in [1.807, 2.05) is 6.20 Å². The SMILES string of the molecule is CC(C)(C)c1ccc(N(c2ccccc2)c2ccc(-c3c4ccccc4c(-c4cccc5ccccc45)c4ccccc34)cc2)nc1. The van der Waals surface area contributed by atoms with Gasteiger partial charge in [0.1, 0.15) is 5.82 Å². The lowest BCUT2D eigenvalue weighted by molar-refractivity contribution is 0.587. The lowest BCUT2D eigenvalue weighted by Crippen LogP contribution is -2.14. The van der Waals surface area contributed by atoms with Gasteiger partial charge in [-0.05, 0) is 95.9 Å². The molecule has 0 radical (unpaired) electrons. The lowest BCUT2D eigenvalue weighted by atomic mass is 9.85. The maximum atomic E-state index is 4.95. The quantitative estimate of drug-likeness (QED) is 0.182. The highest BCUT2D eigenvalue weighted by molar-refractivity contribution is 6.23. The van der Waals surface area contributed by atoms with E-state index in [-0.39, 0.29) is 5.41 Å². The van der Waals surface area contributed by atoms with Gasteiger partial charge in [-0.15, -0.1) is 0 Å². The number of aromatic nitrogens is 1. The molecule has 7 aromatic carbocycles. The van der Waals surface area contributed by atoms with Crippen LogP contribution in [-0.4, -0.2) is 4.98 Å². The zero-order valence-corrected chi connectivity index (χ0v) is 27.0. The predicted octanol–water partition coefficient (Wildman–Crippen LogP) is 12.6. The minimum Gasteiger partial charge on any atom is -0.295 e. The van der Waals surface area contributed by atoms with E-state index in [1.54, 1.807) is 0 Å². The predicted molar refractivity (Wildman–Crippen MR) is 201 cm³/mol. The fourth-order valence-electron chi connectivity index (χ4n) is 6.90. The third-order valence-electron chi connectivity index (χ3n) is 9.26. The Labute approximate surface area is 276 Å². The molecule has 0 fully saturated rings. The minimum atomic E-state index is 0.0411. The van der Waals surface area contributed by atoms with Gasteiger partial charge in [0.2, 0.25) is 0 Å². The summed E-state index contributed by atoms with van der Waals surface area (Å²) in [5, 5.41) is 7.55. The molecule has 1 aromatic heterocycles. The van der Waals surface area contributed by atoms with Crippen molar-refractivity contribution in [3.8, 4) is 22.3 Å². The molecule has 0 spiro atoms. The fraction of sp³-hybridized carbons (Fsp3) is 0.0889. The summed E-state index contributed by atoms with van der Waals surface area (Å²) in [5.41, 5.74) is 8.40. The van der Waals surface area contributed by atoms with Crippen molar-refractivity contribution in [2.75, 3.05) is 4.90 Å². The molecule has 2 heteroatoms. The summed E-state index contributed by atoms with van der Waals surface area (Å²) in [6.45, 7) is 6.66. The first-order chi connectivity index (χ1) is 23.0. The zero-order valence-electron chi connectivity index (χ0n) is 27.0. The Morgan fingerprint density at radius 3 is 1.57 bits per heavy atom. The number of pyridine rings is 1. The van der Waals surface area contributed by atoms with E-state index < -0.39 is 0 Å². The molecule has 2 nitrogen and oxygen atoms in total. The molecule has 0 saturated carbocycles. The standard InChI is InChI=1S/C45H36N2/c1-45(2,3)33-26-29-42(46-30-33)47(34-16-5-4-6-17-34)35-27-24-32(25-28-35)43-38-19-9-11-21-40(38)44(41-22-12-10-20-39(41)43)37-23-13-15-31-14-7-8-18-36(31)37/h4-30H,1-3H3. The van der Waals surface area contributed by atoms with Crippen molar-refractivity contribution in [2.24, 2.45) is 0 Å². The van der Waals surface area contributed by atoms with E-state index >= 15 is 0 Å². The molecule has 0 bridgehead atoms. The summed E-state index contributed by atoms with van der Waals surface area (Å²) in [5.74, 6) is 0.896. The molecular formula is C45H36N2. The highest BCUT2D eigenvalue weighted by atomic mass is 15.2. The van der Waals surface area contributed by atoms with Crippen LogP contribution < -0.4 is 4.90 Å². The highest BCUT2D eigenvalue weighted by Crippen LogP contribution is 2.45. The van der Waals surface area contributed by atoms with Crippen LogP contribution >= 0.6 is 0 Å². The number of fused-ring (bicyclic) bond motifs is 3. The minimum absolute atomic E-state index is 0.0411. The van der Waals surface area contributed by atoms with Gasteiger partial charge in [-0.3, -0.25) is 4.90 Å². The third kappa shape index (κ3) is 5.13. The number of anilines is 3. The van der Waals surface area contributed by atoms with E-state index in [9.17, 15) is 0 Å². The van der Waals surface area contributed by atoms with Gasteiger partial charge in [0.15, 0.2) is 0 Å². The first-order valence-corrected chi connectivity index (χ1v) is 16.3. The summed E-state index contributed by atoms with van der Waals surface area (Å²) in [6, 6.07) is 56.9. The number of hydrogen-bond acceptors (Lipinski definition) is 2. The zero-order chi connectivity index (χ0) is 32.0. The molecule has 8 aromatic rings. The Balaban J connectivity index is 1.31. The molecule has 0 N–H and O–H groups in total. The molecule has 8 rings (SSSR count). The summed E-state index contributed by atoms with van der Waals surface area (Å²) >= 11 is 0. The van der Waals surface area contributed by atoms with Gasteiger partial charge in [-0.25, -0.2) is 4.98 Å². The summed E-state index contributed by atoms with van der Waals surface area (Å²) < 4.78 is 0. The molecule has 0 aliphatic rings. The summed E-state index contributed by atoms with van der Waals surface area (Å²) in [7, 11) is 0. The molecule has 47 heavy (non-hydrogen) atoms. The number of para-hydroxylation sites is 1. The van der Waals surface area contributed by atoms with Crippen molar-refractivity contribution >= 4 is 49.5 Å². The molecule has 0 amide bonds. The maximum absolute atomic E-state index is 4.95. The largest absolute Gasteiger partial charge is 0.295 e. The van der Waals surface area contributed by atoms with Crippen LogP contribution in [0.3, 0.4) is 0 Å². The van der Waals surface area contributed by atoms with Crippen molar-refractivity contribution in [1.82, 2.24) is 4.98 Å². The molecule has 1 heterocycles. The first kappa shape index (κ1) is 28.7. The van der Waals surface area contributed by atoms with Gasteiger partial charge in [-0.1, -0.05) is 148 Å². The van der Waals surface area contributed by atoms with Gasteiger partial charge >= 0.3 is 0 Å². The Morgan fingerprint density at radius 1 is 0.447 bits per heavy atom. The van der Waals surface area contributed by atoms with Gasteiger partial charge in [0.05, 0.1) is 0 Å². The fourth-order valence-corrected chi connectivity index (χ4v) is 6.90. The van der Waals surface area contributed by atoms with Gasteiger partial charge in [0.25, 0.3) is 0 Å². The van der Waals surface area contributed by atoms with Crippen molar-refractivity contribution in [2.45, 2.75) is 26.2 Å². The smallest absolute Gasteiger partial charge is 0.137 e. The maximum Gasteiger partial charge on any atom is 0.137 e. The van der Waals surface area contributed by atoms with E-state index in [4.69, 9.17) is 4.98 Å². The van der Waals surface area contributed by atoms with Crippen molar-refractivity contribution in [1.29, 1.82) is 0 Å². The second-order valence-electron chi connectivity index (χ2n) is 13.2. The first-order valence-electron chi connectivity index (χ1n) is 16.3. The Morgan fingerprint density at radius 2 is 0.979 bits per heavy atom. The molecule has 0 aliphatic heterocycles. The summed E-state index contributed by atoms with van der Waals surface area (Å²) in [6.07, 6.45) is 2.01. The molecule has 0 aliphatic carbocycles. The van der Waals surface area contributed by atoms with Gasteiger partial charge in [-0.2, -0.15) is 0 Å². The Hall–Kier alpha value is -5.73. The Bertz CT molecular complexity index is 2300. The normalized spacial score (nSPS) is 11.7. The van der Waals surface area contributed by atoms with Gasteiger partial charge < -0.3 is 0 Å². The van der Waals surface area contributed by atoms with Crippen LogP contribution in [0.4, 0.5) is 17.2 Å². The van der Waals surface area contributed by atoms with Crippen LogP contribution in [0.5, 0.6) is 0 Å². The molecule has 0 saturated heterocycles.